The van der Waals surface area contributed by atoms with Crippen LogP contribution in [0.1, 0.15) is 11.3 Å². The third kappa shape index (κ3) is 2.89. The molecule has 0 unspecified atom stereocenters. The van der Waals surface area contributed by atoms with Crippen molar-refractivity contribution in [2.45, 2.75) is 6.92 Å². The van der Waals surface area contributed by atoms with Crippen LogP contribution in [-0.4, -0.2) is 20.8 Å². The van der Waals surface area contributed by atoms with E-state index in [1.54, 1.807) is 25.3 Å². The second-order valence-electron chi connectivity index (χ2n) is 3.77. The number of nitro benzene ring substituents is 1. The van der Waals surface area contributed by atoms with Gasteiger partial charge in [0.1, 0.15) is 0 Å². The Balaban J connectivity index is 2.36. The van der Waals surface area contributed by atoms with Gasteiger partial charge in [-0.15, -0.1) is 0 Å². The first-order valence-corrected chi connectivity index (χ1v) is 6.35. The minimum atomic E-state index is -0.422. The van der Waals surface area contributed by atoms with Crippen LogP contribution < -0.4 is 5.73 Å². The van der Waals surface area contributed by atoms with E-state index in [0.29, 0.717) is 9.13 Å². The Labute approximate surface area is 122 Å². The zero-order valence-electron chi connectivity index (χ0n) is 9.95. The Bertz CT molecular complexity index is 665. The zero-order chi connectivity index (χ0) is 14.0. The van der Waals surface area contributed by atoms with Gasteiger partial charge in [-0.1, -0.05) is 12.1 Å². The highest BCUT2D eigenvalue weighted by Gasteiger charge is 2.13. The molecule has 0 bridgehead atoms. The lowest BCUT2D eigenvalue weighted by molar-refractivity contribution is -0.385. The molecular formula is C11H10IN5O2. The van der Waals surface area contributed by atoms with Gasteiger partial charge in [-0.3, -0.25) is 10.1 Å². The van der Waals surface area contributed by atoms with Crippen LogP contribution in [0, 0.1) is 20.6 Å². The fourth-order valence-corrected chi connectivity index (χ4v) is 2.19. The van der Waals surface area contributed by atoms with Gasteiger partial charge in [0, 0.05) is 11.6 Å². The zero-order valence-corrected chi connectivity index (χ0v) is 12.1. The summed E-state index contributed by atoms with van der Waals surface area (Å²) in [5.74, 6) is 0.272. The molecule has 2 N–H and O–H groups in total. The third-order valence-electron chi connectivity index (χ3n) is 2.36. The molecule has 0 radical (unpaired) electrons. The molecule has 2 aromatic rings. The molecule has 0 aliphatic carbocycles. The maximum absolute atomic E-state index is 10.8. The van der Waals surface area contributed by atoms with Gasteiger partial charge >= 0.3 is 0 Å². The Morgan fingerprint density at radius 3 is 2.89 bits per heavy atom. The van der Waals surface area contributed by atoms with Crippen LogP contribution in [0.3, 0.4) is 0 Å². The molecule has 0 aliphatic heterocycles. The number of nitrogens with zero attached hydrogens (tertiary/aromatic N) is 4. The number of halogens is 1. The topological polar surface area (TPSA) is 99.3 Å². The van der Waals surface area contributed by atoms with E-state index >= 15 is 0 Å². The highest BCUT2D eigenvalue weighted by Crippen LogP contribution is 2.23. The summed E-state index contributed by atoms with van der Waals surface area (Å²) in [5.41, 5.74) is 7.11. The highest BCUT2D eigenvalue weighted by molar-refractivity contribution is 14.1. The minimum absolute atomic E-state index is 0.0549. The summed E-state index contributed by atoms with van der Waals surface area (Å²) in [6.45, 7) is 1.81. The van der Waals surface area contributed by atoms with Crippen LogP contribution in [0.5, 0.6) is 0 Å². The van der Waals surface area contributed by atoms with E-state index in [0.717, 1.165) is 5.69 Å². The van der Waals surface area contributed by atoms with Crippen molar-refractivity contribution < 1.29 is 4.92 Å². The molecule has 0 atom stereocenters. The van der Waals surface area contributed by atoms with Gasteiger partial charge in [0.05, 0.1) is 26.6 Å². The van der Waals surface area contributed by atoms with E-state index in [2.05, 4.69) is 10.1 Å². The summed E-state index contributed by atoms with van der Waals surface area (Å²) in [5, 5.41) is 15.0. The number of aryl methyl sites for hydroxylation is 1. The second kappa shape index (κ2) is 5.34. The number of anilines is 1. The van der Waals surface area contributed by atoms with Gasteiger partial charge < -0.3 is 5.73 Å². The number of nitrogen functional groups attached to an aromatic ring is 1. The molecular weight excluding hydrogens is 361 g/mol. The molecule has 1 aromatic heterocycles. The van der Waals surface area contributed by atoms with Crippen LogP contribution >= 0.6 is 22.6 Å². The quantitative estimate of drug-likeness (QED) is 0.387. The van der Waals surface area contributed by atoms with Crippen molar-refractivity contribution >= 4 is 40.4 Å². The van der Waals surface area contributed by atoms with Crippen LogP contribution in [0.25, 0.3) is 0 Å². The maximum atomic E-state index is 10.8. The number of hydrogen-bond donors (Lipinski definition) is 1. The Hall–Kier alpha value is -1.97. The van der Waals surface area contributed by atoms with Gasteiger partial charge in [-0.2, -0.15) is 5.10 Å². The van der Waals surface area contributed by atoms with Crippen molar-refractivity contribution in [3.63, 3.8) is 0 Å². The lowest BCUT2D eigenvalue weighted by atomic mass is 10.2. The minimum Gasteiger partial charge on any atom is -0.368 e. The fraction of sp³-hybridized carbons (Fsp3) is 0.0909. The largest absolute Gasteiger partial charge is 0.368 e. The van der Waals surface area contributed by atoms with Crippen molar-refractivity contribution in [1.29, 1.82) is 0 Å². The third-order valence-corrected chi connectivity index (χ3v) is 3.54. The van der Waals surface area contributed by atoms with Gasteiger partial charge in [0.2, 0.25) is 5.95 Å². The van der Waals surface area contributed by atoms with E-state index in [-0.39, 0.29) is 11.6 Å². The van der Waals surface area contributed by atoms with E-state index < -0.39 is 4.92 Å². The first-order valence-electron chi connectivity index (χ1n) is 5.27. The smallest absolute Gasteiger partial charge is 0.283 e. The number of nitro groups is 1. The summed E-state index contributed by atoms with van der Waals surface area (Å²) in [7, 11) is 0. The molecule has 7 nitrogen and oxygen atoms in total. The summed E-state index contributed by atoms with van der Waals surface area (Å²) in [4.78, 5) is 14.4. The van der Waals surface area contributed by atoms with Gasteiger partial charge in [-0.25, -0.2) is 9.66 Å². The molecule has 0 fully saturated rings. The van der Waals surface area contributed by atoms with Crippen molar-refractivity contribution in [3.8, 4) is 0 Å². The van der Waals surface area contributed by atoms with E-state index in [4.69, 9.17) is 5.73 Å². The summed E-state index contributed by atoms with van der Waals surface area (Å²) >= 11 is 1.92. The first kappa shape index (κ1) is 13.5. The van der Waals surface area contributed by atoms with Gasteiger partial charge in [0.15, 0.2) is 0 Å². The van der Waals surface area contributed by atoms with Crippen LogP contribution in [0.15, 0.2) is 29.5 Å². The molecule has 1 heterocycles. The van der Waals surface area contributed by atoms with Crippen LogP contribution in [-0.2, 0) is 0 Å². The van der Waals surface area contributed by atoms with E-state index in [1.807, 2.05) is 22.6 Å². The number of imidazole rings is 1. The standard InChI is InChI=1S/C11H10IN5O2/c1-7-6-16(11(13)15-7)14-5-8-3-2-4-9(10(8)12)17(18)19/h2-6H,1H3,(H2,13,15). The number of hydrogen-bond acceptors (Lipinski definition) is 5. The molecule has 0 spiro atoms. The van der Waals surface area contributed by atoms with Crippen molar-refractivity contribution in [1.82, 2.24) is 9.66 Å². The van der Waals surface area contributed by atoms with Crippen molar-refractivity contribution in [2.24, 2.45) is 5.10 Å². The molecule has 8 heteroatoms. The Morgan fingerprint density at radius 2 is 2.32 bits per heavy atom. The molecule has 0 saturated heterocycles. The normalized spacial score (nSPS) is 11.1. The van der Waals surface area contributed by atoms with Gasteiger partial charge in [0.25, 0.3) is 5.69 Å². The maximum Gasteiger partial charge on any atom is 0.283 e. The number of aromatic nitrogens is 2. The fourth-order valence-electron chi connectivity index (χ4n) is 1.50. The number of benzene rings is 1. The molecule has 2 rings (SSSR count). The molecule has 1 aromatic carbocycles. The number of nitrogens with two attached hydrogens (primary N) is 1. The van der Waals surface area contributed by atoms with Crippen molar-refractivity contribution in [2.75, 3.05) is 5.73 Å². The number of rotatable bonds is 3. The average molecular weight is 371 g/mol. The van der Waals surface area contributed by atoms with Crippen LogP contribution in [0.4, 0.5) is 11.6 Å². The lowest BCUT2D eigenvalue weighted by Crippen LogP contribution is -1.99. The molecule has 0 aliphatic rings. The highest BCUT2D eigenvalue weighted by atomic mass is 127. The predicted octanol–water partition coefficient (Wildman–Crippen LogP) is 2.17. The molecule has 98 valence electrons. The first-order chi connectivity index (χ1) is 8.99. The van der Waals surface area contributed by atoms with E-state index in [1.165, 1.54) is 17.0 Å². The van der Waals surface area contributed by atoms with Crippen molar-refractivity contribution in [3.05, 3.63) is 49.3 Å². The summed E-state index contributed by atoms with van der Waals surface area (Å²) in [6.07, 6.45) is 3.20. The predicted molar refractivity (Wildman–Crippen MR) is 80.2 cm³/mol. The Morgan fingerprint density at radius 1 is 1.58 bits per heavy atom. The average Bonchev–Trinajstić information content (AvgIpc) is 2.66. The molecule has 0 amide bonds. The summed E-state index contributed by atoms with van der Waals surface area (Å²) in [6, 6.07) is 4.82. The monoisotopic (exact) mass is 371 g/mol. The van der Waals surface area contributed by atoms with E-state index in [9.17, 15) is 10.1 Å². The Kier molecular flexibility index (Phi) is 3.79. The van der Waals surface area contributed by atoms with Gasteiger partial charge in [-0.05, 0) is 29.5 Å². The second-order valence-corrected chi connectivity index (χ2v) is 4.85. The molecule has 0 saturated carbocycles. The SMILES string of the molecule is Cc1cn(N=Cc2cccc([N+](=O)[O-])c2I)c(N)n1. The van der Waals surface area contributed by atoms with Crippen LogP contribution in [0.2, 0.25) is 0 Å². The summed E-state index contributed by atoms with van der Waals surface area (Å²) < 4.78 is 1.95. The lowest BCUT2D eigenvalue weighted by Gasteiger charge is -2.00. The molecule has 19 heavy (non-hydrogen) atoms.